The topological polar surface area (TPSA) is 206 Å². The number of nitrogens with one attached hydrogen (secondary N) is 8. The number of aliphatic hydroxyl groups is 1. The third kappa shape index (κ3) is 13.7. The number of carbonyl (C=O) groups is 5. The van der Waals surface area contributed by atoms with E-state index in [4.69, 9.17) is 12.6 Å². The van der Waals surface area contributed by atoms with Gasteiger partial charge in [0, 0.05) is 34.9 Å². The van der Waals surface area contributed by atoms with E-state index in [9.17, 15) is 29.1 Å². The molecule has 1 aliphatic heterocycles. The first-order chi connectivity index (χ1) is 27.2. The Kier molecular flexibility index (Phi) is 19.0. The number of fused-ring (bicyclic) bond motifs is 1. The van der Waals surface area contributed by atoms with Gasteiger partial charge in [0.15, 0.2) is 0 Å². The minimum atomic E-state index is -1.37. The van der Waals surface area contributed by atoms with Crippen LogP contribution in [0, 0.1) is 29.6 Å². The van der Waals surface area contributed by atoms with Crippen LogP contribution in [0.1, 0.15) is 101 Å². The minimum absolute atomic E-state index is 0.00164. The van der Waals surface area contributed by atoms with Gasteiger partial charge in [-0.05, 0) is 60.5 Å². The number of benzene rings is 1. The highest BCUT2D eigenvalue weighted by atomic mass is 32.1. The third-order valence-electron chi connectivity index (χ3n) is 10.9. The molecule has 1 fully saturated rings. The molecule has 326 valence electrons. The van der Waals surface area contributed by atoms with Crippen molar-refractivity contribution in [1.82, 2.24) is 42.2 Å². The summed E-state index contributed by atoms with van der Waals surface area (Å²) in [6.45, 7) is 21.0. The van der Waals surface area contributed by atoms with Crippen LogP contribution in [0.2, 0.25) is 0 Å². The smallest absolute Gasteiger partial charge is 0.243 e. The van der Waals surface area contributed by atoms with Crippen molar-refractivity contribution in [2.75, 3.05) is 6.54 Å². The summed E-state index contributed by atoms with van der Waals surface area (Å²) in [5.41, 5.74) is 1.77. The van der Waals surface area contributed by atoms with E-state index < -0.39 is 77.4 Å². The zero-order valence-corrected chi connectivity index (χ0v) is 37.3. The highest BCUT2D eigenvalue weighted by Gasteiger charge is 2.37. The number of hydrogen-bond donors (Lipinski definition) is 10. The zero-order valence-electron chi connectivity index (χ0n) is 36.4. The molecule has 0 spiro atoms. The van der Waals surface area contributed by atoms with Crippen LogP contribution in [-0.2, 0) is 30.4 Å². The zero-order chi connectivity index (χ0) is 43.4. The van der Waals surface area contributed by atoms with Gasteiger partial charge in [-0.2, -0.15) is 12.6 Å². The lowest BCUT2D eigenvalue weighted by atomic mass is 9.96. The Balaban J connectivity index is 2.14. The number of carbonyl (C=O) groups excluding carboxylic acids is 5. The molecule has 0 aliphatic carbocycles. The number of H-pyrrole nitrogens is 1. The molecular weight excluding hydrogens is 757 g/mol. The molecule has 1 saturated heterocycles. The van der Waals surface area contributed by atoms with Crippen LogP contribution < -0.4 is 37.2 Å². The van der Waals surface area contributed by atoms with Gasteiger partial charge < -0.3 is 42.0 Å². The highest BCUT2D eigenvalue weighted by Crippen LogP contribution is 2.21. The average molecular weight is 829 g/mol. The van der Waals surface area contributed by atoms with Gasteiger partial charge in [0.2, 0.25) is 29.5 Å². The standard InChI is InChI=1S/C43H72N8O6S/c1-12-15-33(58)37-43(57)51-36(26(10)11)42(56)50-35(25(8)9)41(55)46-30(18-22(2)3)39(53)49-34(24(6)7)40(54)47-31(38(52)48-32(21-45-37)23(4)5)19-27-20-44-29-17-14-13-16-28(27)29/h13-14,16-17,20,22-26,30-37,40,44-45,47,54,58H,12,15,18-19,21H2,1-11H3,(H,46,55)(H,48,52)(H,49,53)(H,50,56)(H,51,57)/t30-,31-,32-,33?,34+,35+,36-,37+,40?/m1/s1. The summed E-state index contributed by atoms with van der Waals surface area (Å²) in [5, 5.41) is 33.7. The number of hydrogen-bond acceptors (Lipinski definition) is 9. The van der Waals surface area contributed by atoms with Crippen molar-refractivity contribution in [2.45, 2.75) is 156 Å². The Morgan fingerprint density at radius 2 is 1.26 bits per heavy atom. The molecule has 9 atom stereocenters. The van der Waals surface area contributed by atoms with Gasteiger partial charge in [-0.15, -0.1) is 0 Å². The summed E-state index contributed by atoms with van der Waals surface area (Å²) in [7, 11) is 0. The van der Waals surface area contributed by atoms with Crippen LogP contribution in [0.4, 0.5) is 0 Å². The Bertz CT molecular complexity index is 1660. The first-order valence-electron chi connectivity index (χ1n) is 21.2. The average Bonchev–Trinajstić information content (AvgIpc) is 3.55. The molecule has 1 aliphatic rings. The predicted octanol–water partition coefficient (Wildman–Crippen LogP) is 3.15. The quantitative estimate of drug-likeness (QED) is 0.152. The number of amides is 5. The fourth-order valence-electron chi connectivity index (χ4n) is 7.31. The van der Waals surface area contributed by atoms with Crippen LogP contribution in [0.15, 0.2) is 30.5 Å². The monoisotopic (exact) mass is 829 g/mol. The van der Waals surface area contributed by atoms with Crippen molar-refractivity contribution in [2.24, 2.45) is 29.6 Å². The summed E-state index contributed by atoms with van der Waals surface area (Å²) < 4.78 is 0. The molecule has 0 saturated carbocycles. The van der Waals surface area contributed by atoms with Crippen LogP contribution in [-0.4, -0.2) is 99.9 Å². The number of para-hydroxylation sites is 1. The van der Waals surface area contributed by atoms with Gasteiger partial charge in [-0.25, -0.2) is 0 Å². The van der Waals surface area contributed by atoms with Crippen LogP contribution in [0.25, 0.3) is 10.9 Å². The van der Waals surface area contributed by atoms with E-state index in [0.29, 0.717) is 6.42 Å². The maximum Gasteiger partial charge on any atom is 0.243 e. The van der Waals surface area contributed by atoms with Gasteiger partial charge in [-0.1, -0.05) is 101 Å². The molecular formula is C43H72N8O6S. The van der Waals surface area contributed by atoms with Crippen LogP contribution >= 0.6 is 12.6 Å². The van der Waals surface area contributed by atoms with Gasteiger partial charge in [0.1, 0.15) is 24.4 Å². The van der Waals surface area contributed by atoms with Crippen molar-refractivity contribution in [1.29, 1.82) is 0 Å². The number of rotatable bonds is 11. The summed E-state index contributed by atoms with van der Waals surface area (Å²) in [6.07, 6.45) is 2.36. The van der Waals surface area contributed by atoms with Crippen molar-refractivity contribution in [3.8, 4) is 0 Å². The molecule has 15 heteroatoms. The van der Waals surface area contributed by atoms with E-state index >= 15 is 0 Å². The van der Waals surface area contributed by atoms with Crippen LogP contribution in [0.3, 0.4) is 0 Å². The van der Waals surface area contributed by atoms with Gasteiger partial charge >= 0.3 is 0 Å². The highest BCUT2D eigenvalue weighted by molar-refractivity contribution is 7.81. The summed E-state index contributed by atoms with van der Waals surface area (Å²) in [4.78, 5) is 73.8. The second-order valence-corrected chi connectivity index (χ2v) is 18.4. The van der Waals surface area contributed by atoms with Crippen molar-refractivity contribution >= 4 is 53.1 Å². The van der Waals surface area contributed by atoms with Crippen LogP contribution in [0.5, 0.6) is 0 Å². The predicted molar refractivity (Wildman–Crippen MR) is 233 cm³/mol. The summed E-state index contributed by atoms with van der Waals surface area (Å²) >= 11 is 4.82. The molecule has 9 N–H and O–H groups in total. The number of thiol groups is 1. The maximum atomic E-state index is 14.4. The molecule has 1 aromatic carbocycles. The van der Waals surface area contributed by atoms with E-state index in [1.165, 1.54) is 0 Å². The van der Waals surface area contributed by atoms with Gasteiger partial charge in [0.05, 0.1) is 18.1 Å². The maximum absolute atomic E-state index is 14.4. The SMILES string of the molecule is CCCC(S)[C@@H]1NC[C@H](C(C)C)NC(=O)[C@@H](Cc2c[nH]c3ccccc23)NC(O)[C@H](C(C)C)NC(=O)[C@@H](CC(C)C)NC(=O)[C@H](C(C)C)NC(=O)[C@@H](C(C)C)NC1=O. The lowest BCUT2D eigenvalue weighted by molar-refractivity contribution is -0.136. The van der Waals surface area contributed by atoms with E-state index in [0.717, 1.165) is 22.9 Å². The Morgan fingerprint density at radius 3 is 1.81 bits per heavy atom. The number of aromatic amines is 1. The Hall–Kier alpha value is -3.66. The lowest BCUT2D eigenvalue weighted by Crippen LogP contribution is -2.62. The lowest BCUT2D eigenvalue weighted by Gasteiger charge is -2.34. The molecule has 3 rings (SSSR count). The summed E-state index contributed by atoms with van der Waals surface area (Å²) in [6, 6.07) is 1.70. The van der Waals surface area contributed by atoms with Crippen molar-refractivity contribution in [3.05, 3.63) is 36.0 Å². The van der Waals surface area contributed by atoms with Crippen molar-refractivity contribution in [3.63, 3.8) is 0 Å². The fourth-order valence-corrected chi connectivity index (χ4v) is 7.81. The van der Waals surface area contributed by atoms with E-state index in [1.807, 2.05) is 92.8 Å². The normalized spacial score (nSPS) is 27.3. The molecule has 0 radical (unpaired) electrons. The Morgan fingerprint density at radius 1 is 0.690 bits per heavy atom. The van der Waals surface area contributed by atoms with Crippen molar-refractivity contribution < 1.29 is 29.1 Å². The second kappa shape index (κ2) is 22.6. The first-order valence-corrected chi connectivity index (χ1v) is 21.7. The first kappa shape index (κ1) is 48.7. The molecule has 1 aromatic heterocycles. The largest absolute Gasteiger partial charge is 0.376 e. The molecule has 2 aromatic rings. The van der Waals surface area contributed by atoms with Gasteiger partial charge in [0.25, 0.3) is 0 Å². The molecule has 2 heterocycles. The molecule has 14 nitrogen and oxygen atoms in total. The third-order valence-corrected chi connectivity index (χ3v) is 11.5. The Labute approximate surface area is 351 Å². The fraction of sp³-hybridized carbons (Fsp3) is 0.698. The minimum Gasteiger partial charge on any atom is -0.376 e. The van der Waals surface area contributed by atoms with E-state index in [2.05, 4.69) is 42.2 Å². The molecule has 58 heavy (non-hydrogen) atoms. The molecule has 0 bridgehead atoms. The number of aliphatic hydroxyl groups excluding tert-OH is 1. The summed E-state index contributed by atoms with van der Waals surface area (Å²) in [5.74, 6) is -3.43. The van der Waals surface area contributed by atoms with Gasteiger partial charge in [-0.3, -0.25) is 29.3 Å². The van der Waals surface area contributed by atoms with E-state index in [1.54, 1.807) is 13.8 Å². The molecule has 2 unspecified atom stereocenters. The second-order valence-electron chi connectivity index (χ2n) is 17.8. The molecule has 5 amide bonds. The number of aromatic nitrogens is 1. The van der Waals surface area contributed by atoms with E-state index in [-0.39, 0.29) is 54.9 Å².